The van der Waals surface area contributed by atoms with Crippen LogP contribution >= 0.6 is 0 Å². The normalized spacial score (nSPS) is 14.6. The van der Waals surface area contributed by atoms with Crippen molar-refractivity contribution in [1.29, 1.82) is 0 Å². The molecular formula is C23H27F2N5O2. The van der Waals surface area contributed by atoms with Gasteiger partial charge in [0, 0.05) is 56.1 Å². The van der Waals surface area contributed by atoms with E-state index in [4.69, 9.17) is 0 Å². The molecule has 1 aliphatic rings. The Kier molecular flexibility index (Phi) is 5.85. The Morgan fingerprint density at radius 1 is 1.25 bits per heavy atom. The Morgan fingerprint density at radius 3 is 2.59 bits per heavy atom. The fraction of sp³-hybridized carbons (Fsp3) is 0.435. The highest BCUT2D eigenvalue weighted by Gasteiger charge is 2.26. The highest BCUT2D eigenvalue weighted by atomic mass is 19.1. The molecule has 4 rings (SSSR count). The number of nitrogens with zero attached hydrogens (tertiary/aromatic N) is 5. The van der Waals surface area contributed by atoms with Crippen LogP contribution in [0.2, 0.25) is 0 Å². The smallest absolute Gasteiger partial charge is 0.274 e. The van der Waals surface area contributed by atoms with Crippen molar-refractivity contribution in [3.63, 3.8) is 0 Å². The van der Waals surface area contributed by atoms with Gasteiger partial charge in [0.25, 0.3) is 5.91 Å². The van der Waals surface area contributed by atoms with Gasteiger partial charge < -0.3 is 10.0 Å². The Morgan fingerprint density at radius 2 is 1.97 bits per heavy atom. The molecule has 1 saturated carbocycles. The summed E-state index contributed by atoms with van der Waals surface area (Å²) >= 11 is 0. The van der Waals surface area contributed by atoms with Crippen LogP contribution in [0.1, 0.15) is 58.9 Å². The fourth-order valence-corrected chi connectivity index (χ4v) is 3.84. The monoisotopic (exact) mass is 443 g/mol. The highest BCUT2D eigenvalue weighted by molar-refractivity contribution is 5.93. The molecule has 3 aromatic rings. The van der Waals surface area contributed by atoms with Crippen molar-refractivity contribution in [1.82, 2.24) is 24.5 Å². The summed E-state index contributed by atoms with van der Waals surface area (Å²) in [5.74, 6) is -1.22. The van der Waals surface area contributed by atoms with Crippen LogP contribution in [0, 0.1) is 24.5 Å². The van der Waals surface area contributed by atoms with Gasteiger partial charge in [-0.15, -0.1) is 0 Å². The number of aryl methyl sites for hydroxylation is 1. The molecule has 170 valence electrons. The second kappa shape index (κ2) is 8.46. The molecule has 1 fully saturated rings. The van der Waals surface area contributed by atoms with Gasteiger partial charge in [0.2, 0.25) is 0 Å². The third-order valence-electron chi connectivity index (χ3n) is 5.58. The molecule has 2 aromatic heterocycles. The Bertz CT molecular complexity index is 1160. The lowest BCUT2D eigenvalue weighted by atomic mass is 10.1. The molecule has 1 unspecified atom stereocenters. The van der Waals surface area contributed by atoms with Gasteiger partial charge in [-0.3, -0.25) is 9.48 Å². The number of aliphatic hydroxyl groups is 1. The Labute approximate surface area is 185 Å². The fourth-order valence-electron chi connectivity index (χ4n) is 3.84. The summed E-state index contributed by atoms with van der Waals surface area (Å²) in [6.45, 7) is 3.97. The number of aliphatic hydroxyl groups excluding tert-OH is 1. The molecule has 2 heterocycles. The van der Waals surface area contributed by atoms with Gasteiger partial charge in [-0.05, 0) is 44.7 Å². The number of halogens is 2. The first-order valence-corrected chi connectivity index (χ1v) is 10.6. The van der Waals surface area contributed by atoms with Crippen molar-refractivity contribution in [2.45, 2.75) is 45.8 Å². The third kappa shape index (κ3) is 4.43. The largest absolute Gasteiger partial charge is 0.389 e. The molecule has 0 aliphatic heterocycles. The molecule has 9 heteroatoms. The number of carbonyl (C=O) groups excluding carboxylic acids is 1. The average Bonchev–Trinajstić information content (AvgIpc) is 3.32. The zero-order chi connectivity index (χ0) is 23.2. The quantitative estimate of drug-likeness (QED) is 0.607. The molecule has 1 N–H and O–H groups in total. The SMILES string of the molecule is Cc1cc(Cc2cn(CC3CC3)nc2C(=O)N(C)C)n(-c2c(F)cc(F)cc2C(C)O)n1. The molecule has 1 aromatic carbocycles. The number of hydrogen-bond acceptors (Lipinski definition) is 4. The van der Waals surface area contributed by atoms with E-state index in [1.165, 1.54) is 16.5 Å². The number of hydrogen-bond donors (Lipinski definition) is 1. The first-order valence-electron chi connectivity index (χ1n) is 10.6. The molecule has 1 amide bonds. The van der Waals surface area contributed by atoms with Crippen LogP contribution in [0.4, 0.5) is 8.78 Å². The van der Waals surface area contributed by atoms with Crippen molar-refractivity contribution in [2.75, 3.05) is 14.1 Å². The summed E-state index contributed by atoms with van der Waals surface area (Å²) in [5, 5.41) is 19.1. The number of carbonyl (C=O) groups is 1. The molecule has 0 radical (unpaired) electrons. The van der Waals surface area contributed by atoms with Crippen molar-refractivity contribution in [3.8, 4) is 5.69 Å². The van der Waals surface area contributed by atoms with E-state index < -0.39 is 17.7 Å². The first-order chi connectivity index (χ1) is 15.1. The summed E-state index contributed by atoms with van der Waals surface area (Å²) in [4.78, 5) is 14.2. The standard InChI is InChI=1S/C23H27F2N5O2/c1-13-7-18(30(26-13)22-19(14(2)31)9-17(24)10-20(22)25)8-16-12-29(11-15-5-6-15)27-21(16)23(32)28(3)4/h7,9-10,12,14-15,31H,5-6,8,11H2,1-4H3. The summed E-state index contributed by atoms with van der Waals surface area (Å²) in [6, 6.07) is 3.67. The topological polar surface area (TPSA) is 76.2 Å². The molecule has 32 heavy (non-hydrogen) atoms. The minimum atomic E-state index is -1.10. The van der Waals surface area contributed by atoms with Gasteiger partial charge in [0.1, 0.15) is 11.5 Å². The zero-order valence-corrected chi connectivity index (χ0v) is 18.6. The van der Waals surface area contributed by atoms with Crippen LogP contribution in [-0.4, -0.2) is 49.6 Å². The molecular weight excluding hydrogens is 416 g/mol. The van der Waals surface area contributed by atoms with Gasteiger partial charge in [-0.1, -0.05) is 0 Å². The van der Waals surface area contributed by atoms with E-state index in [-0.39, 0.29) is 23.6 Å². The van der Waals surface area contributed by atoms with Gasteiger partial charge >= 0.3 is 0 Å². The zero-order valence-electron chi connectivity index (χ0n) is 18.6. The van der Waals surface area contributed by atoms with Gasteiger partial charge in [-0.25, -0.2) is 13.5 Å². The number of rotatable bonds is 7. The minimum absolute atomic E-state index is 0.00430. The number of aromatic nitrogens is 4. The van der Waals surface area contributed by atoms with Crippen LogP contribution in [0.3, 0.4) is 0 Å². The molecule has 0 saturated heterocycles. The maximum atomic E-state index is 14.9. The summed E-state index contributed by atoms with van der Waals surface area (Å²) < 4.78 is 31.9. The molecule has 1 aliphatic carbocycles. The van der Waals surface area contributed by atoms with E-state index in [1.54, 1.807) is 31.8 Å². The van der Waals surface area contributed by atoms with Crippen LogP contribution in [0.5, 0.6) is 0 Å². The predicted molar refractivity (Wildman–Crippen MR) is 115 cm³/mol. The van der Waals surface area contributed by atoms with Crippen LogP contribution in [-0.2, 0) is 13.0 Å². The lowest BCUT2D eigenvalue weighted by molar-refractivity contribution is 0.0820. The minimum Gasteiger partial charge on any atom is -0.389 e. The van der Waals surface area contributed by atoms with Gasteiger partial charge in [0.05, 0.1) is 11.8 Å². The highest BCUT2D eigenvalue weighted by Crippen LogP contribution is 2.31. The lowest BCUT2D eigenvalue weighted by Crippen LogP contribution is -2.23. The maximum absolute atomic E-state index is 14.9. The Hall–Kier alpha value is -3.07. The average molecular weight is 443 g/mol. The second-order valence-corrected chi connectivity index (χ2v) is 8.73. The van der Waals surface area contributed by atoms with E-state index in [9.17, 15) is 18.7 Å². The predicted octanol–water partition coefficient (Wildman–Crippen LogP) is 3.41. The molecule has 7 nitrogen and oxygen atoms in total. The molecule has 0 bridgehead atoms. The third-order valence-corrected chi connectivity index (χ3v) is 5.58. The van der Waals surface area contributed by atoms with Gasteiger partial charge in [-0.2, -0.15) is 10.2 Å². The summed E-state index contributed by atoms with van der Waals surface area (Å²) in [6.07, 6.45) is 3.35. The molecule has 1 atom stereocenters. The summed E-state index contributed by atoms with van der Waals surface area (Å²) in [7, 11) is 3.34. The lowest BCUT2D eigenvalue weighted by Gasteiger charge is -2.16. The molecule has 0 spiro atoms. The second-order valence-electron chi connectivity index (χ2n) is 8.73. The van der Waals surface area contributed by atoms with Crippen molar-refractivity contribution in [2.24, 2.45) is 5.92 Å². The Balaban J connectivity index is 1.78. The van der Waals surface area contributed by atoms with E-state index in [2.05, 4.69) is 10.2 Å². The first kappa shape index (κ1) is 22.1. The van der Waals surface area contributed by atoms with Gasteiger partial charge in [0.15, 0.2) is 11.5 Å². The van der Waals surface area contributed by atoms with Crippen molar-refractivity contribution < 1.29 is 18.7 Å². The van der Waals surface area contributed by atoms with E-state index in [0.717, 1.165) is 31.5 Å². The van der Waals surface area contributed by atoms with E-state index in [0.29, 0.717) is 28.6 Å². The maximum Gasteiger partial charge on any atom is 0.274 e. The van der Waals surface area contributed by atoms with Crippen LogP contribution in [0.25, 0.3) is 5.69 Å². The number of amides is 1. The number of benzene rings is 1. The van der Waals surface area contributed by atoms with Crippen molar-refractivity contribution >= 4 is 5.91 Å². The van der Waals surface area contributed by atoms with E-state index >= 15 is 0 Å². The van der Waals surface area contributed by atoms with E-state index in [1.807, 2.05) is 6.20 Å². The summed E-state index contributed by atoms with van der Waals surface area (Å²) in [5.41, 5.74) is 2.37. The van der Waals surface area contributed by atoms with Crippen LogP contribution in [0.15, 0.2) is 24.4 Å². The van der Waals surface area contributed by atoms with Crippen molar-refractivity contribution in [3.05, 3.63) is 64.2 Å². The van der Waals surface area contributed by atoms with Crippen LogP contribution < -0.4 is 0 Å².